The number of amides is 2. The summed E-state index contributed by atoms with van der Waals surface area (Å²) in [5, 5.41) is 17.4. The van der Waals surface area contributed by atoms with Crippen LogP contribution in [0.3, 0.4) is 0 Å². The van der Waals surface area contributed by atoms with Gasteiger partial charge in [-0.3, -0.25) is 9.59 Å². The third kappa shape index (κ3) is 5.38. The Kier molecular flexibility index (Phi) is 6.79. The molecule has 0 spiro atoms. The number of likely N-dealkylation sites (tertiary alicyclic amines) is 1. The summed E-state index contributed by atoms with van der Waals surface area (Å²) in [4.78, 5) is 28.2. The summed E-state index contributed by atoms with van der Waals surface area (Å²) in [6.45, 7) is 12.5. The lowest BCUT2D eigenvalue weighted by atomic mass is 9.77. The second-order valence-corrected chi connectivity index (χ2v) is 10.8. The summed E-state index contributed by atoms with van der Waals surface area (Å²) in [6.07, 6.45) is -0.528. The number of carbonyl (C=O) groups excluding carboxylic acids is 2. The summed E-state index contributed by atoms with van der Waals surface area (Å²) in [5.74, 6) is -0.636. The van der Waals surface area contributed by atoms with Crippen LogP contribution in [-0.2, 0) is 21.5 Å². The second-order valence-electron chi connectivity index (χ2n) is 10.8. The summed E-state index contributed by atoms with van der Waals surface area (Å²) in [5.41, 5.74) is 1.07. The maximum absolute atomic E-state index is 13.7. The number of benzene rings is 1. The Hall–Kier alpha value is -2.67. The fourth-order valence-electron chi connectivity index (χ4n) is 4.07. The molecule has 2 N–H and O–H groups in total. The van der Waals surface area contributed by atoms with Crippen molar-refractivity contribution in [2.75, 3.05) is 6.54 Å². The van der Waals surface area contributed by atoms with Crippen LogP contribution < -0.4 is 5.32 Å². The molecule has 3 atom stereocenters. The van der Waals surface area contributed by atoms with Crippen LogP contribution in [0.1, 0.15) is 70.9 Å². The third-order valence-corrected chi connectivity index (χ3v) is 5.87. The molecule has 3 unspecified atom stereocenters. The molecule has 1 aromatic carbocycles. The van der Waals surface area contributed by atoms with Crippen LogP contribution in [0.4, 0.5) is 0 Å². The number of rotatable bonds is 5. The summed E-state index contributed by atoms with van der Waals surface area (Å²) in [6, 6.07) is 10.7. The van der Waals surface area contributed by atoms with Gasteiger partial charge >= 0.3 is 0 Å². The van der Waals surface area contributed by atoms with E-state index in [1.54, 1.807) is 0 Å². The lowest BCUT2D eigenvalue weighted by Crippen LogP contribution is -2.49. The van der Waals surface area contributed by atoms with Gasteiger partial charge in [-0.15, -0.1) is 0 Å². The number of nitrogens with one attached hydrogen (secondary N) is 1. The largest absolute Gasteiger partial charge is 0.391 e. The highest BCUT2D eigenvalue weighted by molar-refractivity contribution is 5.91. The normalized spacial score (nSPS) is 20.3. The first-order valence-corrected chi connectivity index (χ1v) is 11.1. The summed E-state index contributed by atoms with van der Waals surface area (Å²) < 4.78 is 5.63. The molecule has 0 aliphatic carbocycles. The Morgan fingerprint density at radius 3 is 2.41 bits per heavy atom. The molecule has 2 aromatic rings. The van der Waals surface area contributed by atoms with Crippen molar-refractivity contribution in [3.05, 3.63) is 53.4 Å². The van der Waals surface area contributed by atoms with Gasteiger partial charge in [0.15, 0.2) is 0 Å². The van der Waals surface area contributed by atoms with Gasteiger partial charge in [0.25, 0.3) is 0 Å². The van der Waals surface area contributed by atoms with E-state index >= 15 is 0 Å². The topological polar surface area (TPSA) is 95.7 Å². The Bertz CT molecular complexity index is 940. The van der Waals surface area contributed by atoms with Crippen LogP contribution in [0.25, 0.3) is 0 Å². The van der Waals surface area contributed by atoms with Crippen molar-refractivity contribution < 1.29 is 19.2 Å². The minimum absolute atomic E-state index is 0.120. The number of aliphatic hydroxyl groups excluding tert-OH is 1. The van der Waals surface area contributed by atoms with Gasteiger partial charge in [-0.1, -0.05) is 77.0 Å². The monoisotopic (exact) mass is 441 g/mol. The lowest BCUT2D eigenvalue weighted by molar-refractivity contribution is -0.142. The molecule has 0 bridgehead atoms. The maximum Gasteiger partial charge on any atom is 0.243 e. The molecule has 2 heterocycles. The SMILES string of the molecule is CC(C)(C)c1cc(C(C(=O)N2CC(O)CC2C(=O)NCc2ccccc2)C(C)(C)C)on1. The Morgan fingerprint density at radius 1 is 1.19 bits per heavy atom. The van der Waals surface area contributed by atoms with E-state index in [1.165, 1.54) is 4.90 Å². The summed E-state index contributed by atoms with van der Waals surface area (Å²) in [7, 11) is 0. The predicted molar refractivity (Wildman–Crippen MR) is 122 cm³/mol. The maximum atomic E-state index is 13.7. The van der Waals surface area contributed by atoms with E-state index in [0.29, 0.717) is 12.3 Å². The summed E-state index contributed by atoms with van der Waals surface area (Å²) >= 11 is 0. The fourth-order valence-corrected chi connectivity index (χ4v) is 4.07. The van der Waals surface area contributed by atoms with Gasteiger partial charge in [-0.25, -0.2) is 0 Å². The standard InChI is InChI=1S/C25H35N3O4/c1-24(2,3)20-13-19(32-27-20)21(25(4,5)6)23(31)28-15-17(29)12-18(28)22(30)26-14-16-10-8-7-9-11-16/h7-11,13,17-18,21,29H,12,14-15H2,1-6H3,(H,26,30). The minimum Gasteiger partial charge on any atom is -0.391 e. The molecule has 7 nitrogen and oxygen atoms in total. The van der Waals surface area contributed by atoms with Crippen LogP contribution in [0.5, 0.6) is 0 Å². The number of nitrogens with zero attached hydrogens (tertiary/aromatic N) is 2. The minimum atomic E-state index is -0.744. The molecule has 1 aliphatic heterocycles. The Balaban J connectivity index is 1.82. The molecule has 3 rings (SSSR count). The molecular formula is C25H35N3O4. The highest BCUT2D eigenvalue weighted by atomic mass is 16.5. The van der Waals surface area contributed by atoms with E-state index in [2.05, 4.69) is 10.5 Å². The molecule has 7 heteroatoms. The lowest BCUT2D eigenvalue weighted by Gasteiger charge is -2.33. The first kappa shape index (κ1) is 24.0. The quantitative estimate of drug-likeness (QED) is 0.742. The third-order valence-electron chi connectivity index (χ3n) is 5.87. The van der Waals surface area contributed by atoms with Gasteiger partial charge in [0, 0.05) is 31.0 Å². The molecule has 0 radical (unpaired) electrons. The van der Waals surface area contributed by atoms with Crippen molar-refractivity contribution in [3.8, 4) is 0 Å². The number of hydrogen-bond acceptors (Lipinski definition) is 5. The van der Waals surface area contributed by atoms with E-state index < -0.39 is 23.5 Å². The molecule has 174 valence electrons. The first-order valence-electron chi connectivity index (χ1n) is 11.1. The molecule has 32 heavy (non-hydrogen) atoms. The van der Waals surface area contributed by atoms with Crippen molar-refractivity contribution in [3.63, 3.8) is 0 Å². The number of aliphatic hydroxyl groups is 1. The van der Waals surface area contributed by atoms with Gasteiger partial charge in [0.2, 0.25) is 11.8 Å². The van der Waals surface area contributed by atoms with Gasteiger partial charge in [0.05, 0.1) is 11.8 Å². The van der Waals surface area contributed by atoms with E-state index in [9.17, 15) is 14.7 Å². The van der Waals surface area contributed by atoms with E-state index in [0.717, 1.165) is 11.3 Å². The average Bonchev–Trinajstić information content (AvgIpc) is 3.33. The molecular weight excluding hydrogens is 406 g/mol. The van der Waals surface area contributed by atoms with Crippen LogP contribution in [-0.4, -0.2) is 45.7 Å². The molecule has 0 saturated carbocycles. The number of carbonyl (C=O) groups is 2. The number of β-amino-alcohol motifs (C(OH)–C–C–N with tert-alkyl or cyclic N) is 1. The van der Waals surface area contributed by atoms with Gasteiger partial charge in [-0.05, 0) is 11.0 Å². The van der Waals surface area contributed by atoms with Gasteiger partial charge < -0.3 is 19.8 Å². The molecule has 2 amide bonds. The zero-order valence-corrected chi connectivity index (χ0v) is 19.9. The Labute approximate surface area is 190 Å². The van der Waals surface area contributed by atoms with Gasteiger partial charge in [-0.2, -0.15) is 0 Å². The fraction of sp³-hybridized carbons (Fsp3) is 0.560. The Morgan fingerprint density at radius 2 is 1.84 bits per heavy atom. The number of aromatic nitrogens is 1. The van der Waals surface area contributed by atoms with E-state index in [4.69, 9.17) is 4.52 Å². The van der Waals surface area contributed by atoms with Crippen LogP contribution in [0.2, 0.25) is 0 Å². The van der Waals surface area contributed by atoms with Crippen LogP contribution >= 0.6 is 0 Å². The highest BCUT2D eigenvalue weighted by Gasteiger charge is 2.46. The van der Waals surface area contributed by atoms with E-state index in [-0.39, 0.29) is 30.2 Å². The van der Waals surface area contributed by atoms with Crippen molar-refractivity contribution in [2.24, 2.45) is 5.41 Å². The molecule has 1 fully saturated rings. The smallest absolute Gasteiger partial charge is 0.243 e. The molecule has 1 aliphatic rings. The van der Waals surface area contributed by atoms with Crippen molar-refractivity contribution >= 4 is 11.8 Å². The van der Waals surface area contributed by atoms with Crippen molar-refractivity contribution in [1.29, 1.82) is 0 Å². The van der Waals surface area contributed by atoms with Crippen LogP contribution in [0, 0.1) is 5.41 Å². The molecule has 1 aromatic heterocycles. The zero-order chi connectivity index (χ0) is 23.7. The second kappa shape index (κ2) is 9.06. The van der Waals surface area contributed by atoms with Crippen molar-refractivity contribution in [1.82, 2.24) is 15.4 Å². The van der Waals surface area contributed by atoms with Crippen molar-refractivity contribution in [2.45, 2.75) is 78.0 Å². The van der Waals surface area contributed by atoms with E-state index in [1.807, 2.05) is 77.9 Å². The first-order chi connectivity index (χ1) is 14.9. The zero-order valence-electron chi connectivity index (χ0n) is 19.9. The predicted octanol–water partition coefficient (Wildman–Crippen LogP) is 3.38. The van der Waals surface area contributed by atoms with Gasteiger partial charge in [0.1, 0.15) is 17.7 Å². The number of hydrogen-bond donors (Lipinski definition) is 2. The highest BCUT2D eigenvalue weighted by Crippen LogP contribution is 2.39. The molecule has 1 saturated heterocycles. The van der Waals surface area contributed by atoms with Crippen LogP contribution in [0.15, 0.2) is 40.9 Å². The average molecular weight is 442 g/mol.